The van der Waals surface area contributed by atoms with E-state index < -0.39 is 5.97 Å². The van der Waals surface area contributed by atoms with Crippen LogP contribution in [0.5, 0.6) is 0 Å². The summed E-state index contributed by atoms with van der Waals surface area (Å²) in [5.41, 5.74) is 0.289. The third kappa shape index (κ3) is 0.910. The van der Waals surface area contributed by atoms with E-state index in [4.69, 9.17) is 5.11 Å². The van der Waals surface area contributed by atoms with Crippen LogP contribution in [0, 0.1) is 0 Å². The Kier molecular flexibility index (Phi) is 1.02. The van der Waals surface area contributed by atoms with Crippen LogP contribution >= 0.6 is 0 Å². The number of carboxylic acids is 1. The van der Waals surface area contributed by atoms with E-state index in [0.717, 1.165) is 4.90 Å². The molecule has 0 aromatic rings. The van der Waals surface area contributed by atoms with Crippen molar-refractivity contribution in [1.82, 2.24) is 4.90 Å². The van der Waals surface area contributed by atoms with E-state index in [-0.39, 0.29) is 18.1 Å². The Hall–Kier alpha value is -1.32. The van der Waals surface area contributed by atoms with E-state index in [2.05, 4.69) is 6.58 Å². The van der Waals surface area contributed by atoms with E-state index in [1.54, 1.807) is 0 Å². The quantitative estimate of drug-likeness (QED) is 0.399. The Bertz CT molecular complexity index is 182. The van der Waals surface area contributed by atoms with Crippen molar-refractivity contribution in [3.8, 4) is 0 Å². The van der Waals surface area contributed by atoms with Crippen LogP contribution in [0.2, 0.25) is 0 Å². The highest BCUT2D eigenvalue weighted by Crippen LogP contribution is 2.20. The van der Waals surface area contributed by atoms with Crippen molar-refractivity contribution in [2.75, 3.05) is 6.54 Å². The molecule has 1 aliphatic heterocycles. The van der Waals surface area contributed by atoms with Crippen LogP contribution in [0.3, 0.4) is 0 Å². The maximum absolute atomic E-state index is 10.3. The number of carbonyl (C=O) groups is 2. The molecule has 0 spiro atoms. The number of carboxylic acid groups (broad SMARTS) is 1. The van der Waals surface area contributed by atoms with Gasteiger partial charge in [-0.25, -0.2) is 0 Å². The van der Waals surface area contributed by atoms with Crippen molar-refractivity contribution in [3.05, 3.63) is 12.3 Å². The molecule has 1 amide bonds. The van der Waals surface area contributed by atoms with Gasteiger partial charge in [-0.15, -0.1) is 0 Å². The topological polar surface area (TPSA) is 57.4 Å². The minimum Gasteiger partial charge on any atom is -0.480 e. The molecule has 1 heterocycles. The minimum absolute atomic E-state index is 0.252. The molecule has 1 fully saturated rings. The van der Waals surface area contributed by atoms with Crippen molar-refractivity contribution in [1.29, 1.82) is 0 Å². The maximum atomic E-state index is 10.3. The smallest absolute Gasteiger partial charge is 0.323 e. The fraction of sp³-hybridized carbons (Fsp3) is 0.200. The van der Waals surface area contributed by atoms with Gasteiger partial charge in [0.15, 0.2) is 0 Å². The standard InChI is InChI=1S/C5H5NO3/c1-3-5(9)6(3)2-4(7)8/h1-2H2,(H,7,8). The summed E-state index contributed by atoms with van der Waals surface area (Å²) >= 11 is 0. The zero-order valence-electron chi connectivity index (χ0n) is 4.63. The Labute approximate surface area is 51.4 Å². The van der Waals surface area contributed by atoms with Crippen LogP contribution in [0.4, 0.5) is 0 Å². The van der Waals surface area contributed by atoms with Crippen LogP contribution in [0.1, 0.15) is 0 Å². The van der Waals surface area contributed by atoms with Gasteiger partial charge in [-0.05, 0) is 0 Å². The first-order chi connectivity index (χ1) is 4.13. The van der Waals surface area contributed by atoms with E-state index in [1.807, 2.05) is 0 Å². The molecule has 0 saturated carbocycles. The molecule has 0 aliphatic carbocycles. The molecule has 4 nitrogen and oxygen atoms in total. The van der Waals surface area contributed by atoms with Gasteiger partial charge < -0.3 is 5.11 Å². The number of amides is 1. The number of carbonyl (C=O) groups excluding carboxylic acids is 1. The summed E-state index contributed by atoms with van der Waals surface area (Å²) in [6, 6.07) is 0. The number of rotatable bonds is 2. The Morgan fingerprint density at radius 2 is 2.22 bits per heavy atom. The molecule has 0 unspecified atom stereocenters. The van der Waals surface area contributed by atoms with Crippen molar-refractivity contribution in [2.24, 2.45) is 0 Å². The number of aliphatic carboxylic acids is 1. The molecule has 9 heavy (non-hydrogen) atoms. The molecule has 1 aliphatic rings. The van der Waals surface area contributed by atoms with Crippen LogP contribution in [-0.4, -0.2) is 28.4 Å². The van der Waals surface area contributed by atoms with Crippen LogP contribution in [-0.2, 0) is 9.59 Å². The van der Waals surface area contributed by atoms with E-state index in [1.165, 1.54) is 0 Å². The first-order valence-corrected chi connectivity index (χ1v) is 2.35. The minimum atomic E-state index is -1.01. The summed E-state index contributed by atoms with van der Waals surface area (Å²) in [7, 11) is 0. The van der Waals surface area contributed by atoms with Gasteiger partial charge in [0.1, 0.15) is 12.2 Å². The molecule has 0 atom stereocenters. The SMILES string of the molecule is C=C1C(=O)N1CC(=O)O. The Balaban J connectivity index is 2.43. The molecule has 1 N–H and O–H groups in total. The summed E-state index contributed by atoms with van der Waals surface area (Å²) in [4.78, 5) is 21.3. The molecule has 1 saturated heterocycles. The Morgan fingerprint density at radius 1 is 1.78 bits per heavy atom. The highest BCUT2D eigenvalue weighted by Gasteiger charge is 2.37. The zero-order chi connectivity index (χ0) is 7.02. The lowest BCUT2D eigenvalue weighted by molar-refractivity contribution is -0.138. The van der Waals surface area contributed by atoms with Gasteiger partial charge >= 0.3 is 5.97 Å². The molecule has 4 heteroatoms. The predicted octanol–water partition coefficient (Wildman–Crippen LogP) is -0.573. The molecular weight excluding hydrogens is 122 g/mol. The second-order valence-corrected chi connectivity index (χ2v) is 1.73. The summed E-state index contributed by atoms with van der Waals surface area (Å²) in [5.74, 6) is -1.28. The van der Waals surface area contributed by atoms with Crippen molar-refractivity contribution < 1.29 is 14.7 Å². The monoisotopic (exact) mass is 127 g/mol. The molecule has 0 aromatic carbocycles. The first kappa shape index (κ1) is 5.81. The van der Waals surface area contributed by atoms with Gasteiger partial charge in [0.25, 0.3) is 5.91 Å². The molecule has 0 radical (unpaired) electrons. The average molecular weight is 127 g/mol. The highest BCUT2D eigenvalue weighted by atomic mass is 16.4. The average Bonchev–Trinajstić information content (AvgIpc) is 2.22. The van der Waals surface area contributed by atoms with Crippen LogP contribution in [0.25, 0.3) is 0 Å². The normalized spacial score (nSPS) is 16.2. The molecule has 48 valence electrons. The summed E-state index contributed by atoms with van der Waals surface area (Å²) in [6.45, 7) is 3.04. The first-order valence-electron chi connectivity index (χ1n) is 2.35. The van der Waals surface area contributed by atoms with Crippen LogP contribution < -0.4 is 0 Å². The molecule has 1 rings (SSSR count). The lowest BCUT2D eigenvalue weighted by Gasteiger charge is -1.88. The number of hydrogen-bond donors (Lipinski definition) is 1. The third-order valence-electron chi connectivity index (χ3n) is 1.06. The largest absolute Gasteiger partial charge is 0.480 e. The lowest BCUT2D eigenvalue weighted by Crippen LogP contribution is -2.11. The van der Waals surface area contributed by atoms with Crippen molar-refractivity contribution in [3.63, 3.8) is 0 Å². The second kappa shape index (κ2) is 1.58. The number of nitrogens with zero attached hydrogens (tertiary/aromatic N) is 1. The van der Waals surface area contributed by atoms with Gasteiger partial charge in [0.05, 0.1) is 0 Å². The fourth-order valence-corrected chi connectivity index (χ4v) is 0.521. The summed E-state index contributed by atoms with van der Waals surface area (Å²) < 4.78 is 0. The van der Waals surface area contributed by atoms with Gasteiger partial charge in [0.2, 0.25) is 0 Å². The fourth-order valence-electron chi connectivity index (χ4n) is 0.521. The van der Waals surface area contributed by atoms with E-state index in [0.29, 0.717) is 0 Å². The molecular formula is C5H5NO3. The van der Waals surface area contributed by atoms with Crippen LogP contribution in [0.15, 0.2) is 12.3 Å². The predicted molar refractivity (Wildman–Crippen MR) is 28.5 cm³/mol. The van der Waals surface area contributed by atoms with E-state index >= 15 is 0 Å². The second-order valence-electron chi connectivity index (χ2n) is 1.73. The van der Waals surface area contributed by atoms with Gasteiger partial charge in [0, 0.05) is 0 Å². The highest BCUT2D eigenvalue weighted by molar-refractivity contribution is 6.10. The maximum Gasteiger partial charge on any atom is 0.323 e. The zero-order valence-corrected chi connectivity index (χ0v) is 4.63. The third-order valence-corrected chi connectivity index (χ3v) is 1.06. The number of hydrogen-bond acceptors (Lipinski definition) is 2. The van der Waals surface area contributed by atoms with Crippen molar-refractivity contribution in [2.45, 2.75) is 0 Å². The summed E-state index contributed by atoms with van der Waals surface area (Å²) in [5, 5.41) is 8.12. The molecule has 0 bridgehead atoms. The van der Waals surface area contributed by atoms with E-state index in [9.17, 15) is 9.59 Å². The van der Waals surface area contributed by atoms with Gasteiger partial charge in [-0.2, -0.15) is 0 Å². The van der Waals surface area contributed by atoms with Crippen molar-refractivity contribution >= 4 is 11.9 Å². The van der Waals surface area contributed by atoms with Gasteiger partial charge in [-0.3, -0.25) is 14.5 Å². The molecule has 0 aromatic heterocycles. The lowest BCUT2D eigenvalue weighted by atomic mass is 10.7. The summed E-state index contributed by atoms with van der Waals surface area (Å²) in [6.07, 6.45) is 0. The van der Waals surface area contributed by atoms with Gasteiger partial charge in [-0.1, -0.05) is 6.58 Å². The Morgan fingerprint density at radius 3 is 2.33 bits per heavy atom.